The molecule has 0 spiro atoms. The van der Waals surface area contributed by atoms with Gasteiger partial charge in [0.05, 0.1) is 6.26 Å². The van der Waals surface area contributed by atoms with Crippen LogP contribution in [0.15, 0.2) is 12.2 Å². The van der Waals surface area contributed by atoms with E-state index in [-0.39, 0.29) is 5.78 Å². The summed E-state index contributed by atoms with van der Waals surface area (Å²) in [5, 5.41) is 0. The molecule has 58 valence electrons. The minimum Gasteiger partial charge on any atom is -0.617 e. The maximum atomic E-state index is 10.5. The molecule has 10 heavy (non-hydrogen) atoms. The summed E-state index contributed by atoms with van der Waals surface area (Å²) in [6, 6.07) is 0. The third-order valence-corrected chi connectivity index (χ3v) is 1.74. The second kappa shape index (κ2) is 5.50. The van der Waals surface area contributed by atoms with Gasteiger partial charge in [0.25, 0.3) is 0 Å². The number of hydrogen-bond donors (Lipinski definition) is 0. The topological polar surface area (TPSA) is 40.1 Å². The highest BCUT2D eigenvalue weighted by Gasteiger charge is 1.92. The molecule has 0 N–H and O–H groups in total. The van der Waals surface area contributed by atoms with Crippen molar-refractivity contribution < 1.29 is 9.35 Å². The molecule has 1 unspecified atom stereocenters. The van der Waals surface area contributed by atoms with Crippen molar-refractivity contribution in [2.75, 3.05) is 12.0 Å². The van der Waals surface area contributed by atoms with Crippen molar-refractivity contribution in [1.29, 1.82) is 0 Å². The predicted octanol–water partition coefficient (Wildman–Crippen LogP) is 0.900. The van der Waals surface area contributed by atoms with Crippen molar-refractivity contribution in [2.45, 2.75) is 13.3 Å². The second-order valence-corrected chi connectivity index (χ2v) is 3.63. The number of hydrogen-bond acceptors (Lipinski definition) is 2. The lowest BCUT2D eigenvalue weighted by Gasteiger charge is -1.99. The van der Waals surface area contributed by atoms with Crippen LogP contribution < -0.4 is 0 Å². The Morgan fingerprint density at radius 3 is 2.70 bits per heavy atom. The van der Waals surface area contributed by atoms with Crippen LogP contribution in [0.4, 0.5) is 0 Å². The zero-order valence-corrected chi connectivity index (χ0v) is 7.11. The lowest BCUT2D eigenvalue weighted by atomic mass is 10.3. The van der Waals surface area contributed by atoms with E-state index in [1.165, 1.54) is 13.0 Å². The minimum absolute atomic E-state index is 0.0434. The van der Waals surface area contributed by atoms with Crippen LogP contribution in [0.5, 0.6) is 0 Å². The minimum atomic E-state index is -0.743. The van der Waals surface area contributed by atoms with Gasteiger partial charge in [-0.3, -0.25) is 4.79 Å². The van der Waals surface area contributed by atoms with E-state index in [1.807, 2.05) is 0 Å². The number of rotatable bonds is 4. The molecule has 0 fully saturated rings. The van der Waals surface area contributed by atoms with Crippen LogP contribution >= 0.6 is 0 Å². The highest BCUT2D eigenvalue weighted by molar-refractivity contribution is 7.90. The van der Waals surface area contributed by atoms with Gasteiger partial charge in [0, 0.05) is 6.42 Å². The average Bonchev–Trinajstić information content (AvgIpc) is 1.79. The summed E-state index contributed by atoms with van der Waals surface area (Å²) < 4.78 is 10.5. The highest BCUT2D eigenvalue weighted by Crippen LogP contribution is 1.90. The molecule has 3 heteroatoms. The molecule has 1 atom stereocenters. The summed E-state index contributed by atoms with van der Waals surface area (Å²) in [7, 11) is 0. The summed E-state index contributed by atoms with van der Waals surface area (Å²) in [6.07, 6.45) is 5.64. The second-order valence-electron chi connectivity index (χ2n) is 2.08. The molecule has 2 nitrogen and oxygen atoms in total. The van der Waals surface area contributed by atoms with Gasteiger partial charge in [-0.05, 0) is 13.0 Å². The molecule has 0 aliphatic carbocycles. The highest BCUT2D eigenvalue weighted by atomic mass is 32.2. The van der Waals surface area contributed by atoms with Crippen LogP contribution in [0, 0.1) is 0 Å². The summed E-state index contributed by atoms with van der Waals surface area (Å²) >= 11 is -0.743. The van der Waals surface area contributed by atoms with Crippen molar-refractivity contribution in [3.63, 3.8) is 0 Å². The molecule has 0 aromatic heterocycles. The van der Waals surface area contributed by atoms with Crippen molar-refractivity contribution in [3.05, 3.63) is 12.2 Å². The summed E-state index contributed by atoms with van der Waals surface area (Å²) in [5.41, 5.74) is 0. The van der Waals surface area contributed by atoms with E-state index in [1.54, 1.807) is 12.3 Å². The first-order valence-corrected chi connectivity index (χ1v) is 4.83. The number of allylic oxidation sites excluding steroid dienone is 2. The fourth-order valence-electron chi connectivity index (χ4n) is 0.483. The Kier molecular flexibility index (Phi) is 5.35. The fourth-order valence-corrected chi connectivity index (χ4v) is 0.951. The average molecular weight is 160 g/mol. The van der Waals surface area contributed by atoms with Crippen LogP contribution in [0.1, 0.15) is 13.3 Å². The Labute approximate surface area is 64.5 Å². The Bertz CT molecular complexity index is 130. The van der Waals surface area contributed by atoms with Gasteiger partial charge in [-0.25, -0.2) is 0 Å². The van der Waals surface area contributed by atoms with Crippen LogP contribution in [-0.4, -0.2) is 22.3 Å². The van der Waals surface area contributed by atoms with Gasteiger partial charge in [-0.15, -0.1) is 0 Å². The standard InChI is InChI=1S/C7H12O2S/c1-7(8)5-3-4-6-10(2)9/h3,5H,4,6H2,1-2H3. The first-order valence-electron chi connectivity index (χ1n) is 3.10. The van der Waals surface area contributed by atoms with Gasteiger partial charge in [-0.2, -0.15) is 0 Å². The van der Waals surface area contributed by atoms with Crippen molar-refractivity contribution in [1.82, 2.24) is 0 Å². The maximum Gasteiger partial charge on any atom is 0.152 e. The first-order chi connectivity index (χ1) is 4.63. The fraction of sp³-hybridized carbons (Fsp3) is 0.571. The SMILES string of the molecule is CC(=O)C=CCC[S+](C)[O-]. The number of ketones is 1. The quantitative estimate of drug-likeness (QED) is 0.453. The van der Waals surface area contributed by atoms with E-state index >= 15 is 0 Å². The van der Waals surface area contributed by atoms with Gasteiger partial charge in [0.1, 0.15) is 5.75 Å². The zero-order chi connectivity index (χ0) is 7.98. The molecule has 0 aromatic rings. The Balaban J connectivity index is 3.27. The van der Waals surface area contributed by atoms with E-state index in [0.717, 1.165) is 6.42 Å². The van der Waals surface area contributed by atoms with Crippen LogP contribution in [-0.2, 0) is 16.0 Å². The van der Waals surface area contributed by atoms with Crippen LogP contribution in [0.2, 0.25) is 0 Å². The zero-order valence-electron chi connectivity index (χ0n) is 6.29. The van der Waals surface area contributed by atoms with Gasteiger partial charge < -0.3 is 4.55 Å². The normalized spacial score (nSPS) is 13.9. The molecule has 0 aliphatic heterocycles. The first kappa shape index (κ1) is 9.72. The van der Waals surface area contributed by atoms with E-state index in [4.69, 9.17) is 0 Å². The van der Waals surface area contributed by atoms with Gasteiger partial charge in [-0.1, -0.05) is 17.3 Å². The van der Waals surface area contributed by atoms with Gasteiger partial charge >= 0.3 is 0 Å². The summed E-state index contributed by atoms with van der Waals surface area (Å²) in [5.74, 6) is 0.686. The number of carbonyl (C=O) groups is 1. The molecular weight excluding hydrogens is 148 g/mol. The van der Waals surface area contributed by atoms with Crippen molar-refractivity contribution >= 4 is 17.0 Å². The molecule has 0 radical (unpaired) electrons. The molecule has 0 heterocycles. The lowest BCUT2D eigenvalue weighted by molar-refractivity contribution is -0.112. The third-order valence-electron chi connectivity index (χ3n) is 0.925. The Hall–Kier alpha value is -0.280. The summed E-state index contributed by atoms with van der Waals surface area (Å²) in [6.45, 7) is 1.50. The lowest BCUT2D eigenvalue weighted by Crippen LogP contribution is -2.01. The predicted molar refractivity (Wildman–Crippen MR) is 43.4 cm³/mol. The smallest absolute Gasteiger partial charge is 0.152 e. The molecular formula is C7H12O2S. The molecule has 0 aliphatic rings. The molecule has 0 rings (SSSR count). The van der Waals surface area contributed by atoms with E-state index in [0.29, 0.717) is 5.75 Å². The van der Waals surface area contributed by atoms with E-state index < -0.39 is 11.2 Å². The van der Waals surface area contributed by atoms with E-state index in [2.05, 4.69) is 0 Å². The molecule has 0 bridgehead atoms. The van der Waals surface area contributed by atoms with Crippen LogP contribution in [0.3, 0.4) is 0 Å². The monoisotopic (exact) mass is 160 g/mol. The molecule has 0 aromatic carbocycles. The Morgan fingerprint density at radius 1 is 1.70 bits per heavy atom. The van der Waals surface area contributed by atoms with Crippen molar-refractivity contribution in [3.8, 4) is 0 Å². The van der Waals surface area contributed by atoms with E-state index in [9.17, 15) is 9.35 Å². The van der Waals surface area contributed by atoms with Gasteiger partial charge in [0.2, 0.25) is 0 Å². The van der Waals surface area contributed by atoms with Crippen molar-refractivity contribution in [2.24, 2.45) is 0 Å². The van der Waals surface area contributed by atoms with Gasteiger partial charge in [0.15, 0.2) is 5.78 Å². The number of carbonyl (C=O) groups excluding carboxylic acids is 1. The molecule has 0 amide bonds. The largest absolute Gasteiger partial charge is 0.617 e. The van der Waals surface area contributed by atoms with Crippen LogP contribution in [0.25, 0.3) is 0 Å². The Morgan fingerprint density at radius 2 is 2.30 bits per heavy atom. The molecule has 0 saturated heterocycles. The molecule has 0 saturated carbocycles. The summed E-state index contributed by atoms with van der Waals surface area (Å²) in [4.78, 5) is 10.3. The third kappa shape index (κ3) is 7.72. The maximum absolute atomic E-state index is 10.5.